The van der Waals surface area contributed by atoms with Gasteiger partial charge in [-0.05, 0) is 43.5 Å². The molecule has 1 saturated heterocycles. The normalized spacial score (nSPS) is 15.8. The summed E-state index contributed by atoms with van der Waals surface area (Å²) in [6.07, 6.45) is 4.01. The first-order valence-electron chi connectivity index (χ1n) is 8.91. The van der Waals surface area contributed by atoms with E-state index in [9.17, 15) is 23.6 Å². The van der Waals surface area contributed by atoms with Gasteiger partial charge in [0.1, 0.15) is 5.75 Å². The minimum atomic E-state index is -3.60. The monoisotopic (exact) mass is 403 g/mol. The zero-order valence-corrected chi connectivity index (χ0v) is 16.2. The molecule has 3 rings (SSSR count). The van der Waals surface area contributed by atoms with E-state index in [1.165, 1.54) is 34.8 Å². The molecular weight excluding hydrogens is 382 g/mol. The second-order valence-corrected chi connectivity index (χ2v) is 8.58. The fourth-order valence-electron chi connectivity index (χ4n) is 3.09. The molecule has 9 heteroatoms. The van der Waals surface area contributed by atoms with E-state index in [1.54, 1.807) is 19.1 Å². The highest BCUT2D eigenvalue weighted by Crippen LogP contribution is 2.28. The number of nitro groups is 1. The fraction of sp³-hybridized carbons (Fsp3) is 0.316. The largest absolute Gasteiger partial charge is 0.507 e. The first kappa shape index (κ1) is 20.0. The van der Waals surface area contributed by atoms with E-state index in [0.717, 1.165) is 19.3 Å². The number of phenolic OH excluding ortho intramolecular Hbond substituents is 1. The van der Waals surface area contributed by atoms with Crippen LogP contribution in [-0.4, -0.2) is 42.1 Å². The molecular formula is C19H21N3O5S. The van der Waals surface area contributed by atoms with E-state index in [0.29, 0.717) is 24.3 Å². The number of benzene rings is 2. The molecule has 148 valence electrons. The number of aryl methyl sites for hydroxylation is 1. The van der Waals surface area contributed by atoms with E-state index in [4.69, 9.17) is 0 Å². The van der Waals surface area contributed by atoms with Gasteiger partial charge in [-0.2, -0.15) is 4.31 Å². The van der Waals surface area contributed by atoms with Crippen molar-refractivity contribution in [1.29, 1.82) is 0 Å². The Hall–Kier alpha value is -2.78. The van der Waals surface area contributed by atoms with E-state index in [-0.39, 0.29) is 21.9 Å². The minimum absolute atomic E-state index is 0.150. The summed E-state index contributed by atoms with van der Waals surface area (Å²) in [5.74, 6) is -0.150. The van der Waals surface area contributed by atoms with Crippen LogP contribution in [0.2, 0.25) is 0 Å². The van der Waals surface area contributed by atoms with Crippen LogP contribution in [0, 0.1) is 17.0 Å². The number of sulfonamides is 1. The van der Waals surface area contributed by atoms with Crippen molar-refractivity contribution in [3.63, 3.8) is 0 Å². The standard InChI is InChI=1S/C19H21N3O5S/c1-14-5-6-16(12-19(14)28(26,27)21-9-3-2-4-10-21)20-13-15-11-17(22(24)25)7-8-18(15)23/h5-8,11-13,23H,2-4,9-10H2,1H3. The van der Waals surface area contributed by atoms with Crippen molar-refractivity contribution in [3.05, 3.63) is 57.6 Å². The summed E-state index contributed by atoms with van der Waals surface area (Å²) in [6.45, 7) is 2.75. The molecule has 0 aromatic heterocycles. The van der Waals surface area contributed by atoms with Crippen molar-refractivity contribution < 1.29 is 18.4 Å². The molecule has 1 aliphatic rings. The van der Waals surface area contributed by atoms with Crippen molar-refractivity contribution in [3.8, 4) is 5.75 Å². The number of hydrogen-bond acceptors (Lipinski definition) is 6. The molecule has 8 nitrogen and oxygen atoms in total. The lowest BCUT2D eigenvalue weighted by atomic mass is 10.2. The highest BCUT2D eigenvalue weighted by atomic mass is 32.2. The van der Waals surface area contributed by atoms with Crippen LogP contribution in [0.4, 0.5) is 11.4 Å². The minimum Gasteiger partial charge on any atom is -0.507 e. The Balaban J connectivity index is 1.93. The zero-order chi connectivity index (χ0) is 20.3. The van der Waals surface area contributed by atoms with Crippen molar-refractivity contribution in [2.24, 2.45) is 4.99 Å². The number of nitro benzene ring substituents is 1. The highest BCUT2D eigenvalue weighted by Gasteiger charge is 2.27. The first-order chi connectivity index (χ1) is 13.3. The third kappa shape index (κ3) is 4.20. The molecule has 1 N–H and O–H groups in total. The molecule has 0 atom stereocenters. The fourth-order valence-corrected chi connectivity index (χ4v) is 4.86. The average molecular weight is 403 g/mol. The summed E-state index contributed by atoms with van der Waals surface area (Å²) in [6, 6.07) is 8.46. The van der Waals surface area contributed by atoms with Crippen LogP contribution in [0.3, 0.4) is 0 Å². The SMILES string of the molecule is Cc1ccc(N=Cc2cc([N+](=O)[O-])ccc2O)cc1S(=O)(=O)N1CCCCC1. The molecule has 1 aliphatic heterocycles. The summed E-state index contributed by atoms with van der Waals surface area (Å²) >= 11 is 0. The van der Waals surface area contributed by atoms with E-state index in [1.807, 2.05) is 0 Å². The van der Waals surface area contributed by atoms with Gasteiger partial charge in [-0.25, -0.2) is 8.42 Å². The van der Waals surface area contributed by atoms with Gasteiger partial charge in [0, 0.05) is 37.0 Å². The lowest BCUT2D eigenvalue weighted by Gasteiger charge is -2.26. The predicted molar refractivity (Wildman–Crippen MR) is 106 cm³/mol. The smallest absolute Gasteiger partial charge is 0.270 e. The van der Waals surface area contributed by atoms with Crippen LogP contribution in [0.1, 0.15) is 30.4 Å². The Bertz CT molecular complexity index is 1030. The van der Waals surface area contributed by atoms with Crippen LogP contribution in [-0.2, 0) is 10.0 Å². The number of aliphatic imine (C=N–C) groups is 1. The third-order valence-corrected chi connectivity index (χ3v) is 6.72. The molecule has 0 saturated carbocycles. The molecule has 1 fully saturated rings. The Morgan fingerprint density at radius 3 is 2.54 bits per heavy atom. The Labute approximate surface area is 163 Å². The second kappa shape index (κ2) is 8.07. The van der Waals surface area contributed by atoms with Crippen molar-refractivity contribution in [2.45, 2.75) is 31.1 Å². The van der Waals surface area contributed by atoms with Gasteiger partial charge in [0.2, 0.25) is 10.0 Å². The highest BCUT2D eigenvalue weighted by molar-refractivity contribution is 7.89. The molecule has 0 amide bonds. The van der Waals surface area contributed by atoms with E-state index < -0.39 is 14.9 Å². The van der Waals surface area contributed by atoms with Gasteiger partial charge < -0.3 is 5.11 Å². The number of aromatic hydroxyl groups is 1. The van der Waals surface area contributed by atoms with Crippen LogP contribution in [0.15, 0.2) is 46.3 Å². The van der Waals surface area contributed by atoms with Crippen LogP contribution in [0.25, 0.3) is 0 Å². The maximum atomic E-state index is 13.0. The van der Waals surface area contributed by atoms with Crippen LogP contribution in [0.5, 0.6) is 5.75 Å². The molecule has 0 aliphatic carbocycles. The summed E-state index contributed by atoms with van der Waals surface area (Å²) in [4.78, 5) is 14.7. The lowest BCUT2D eigenvalue weighted by molar-refractivity contribution is -0.384. The van der Waals surface area contributed by atoms with Gasteiger partial charge in [0.15, 0.2) is 0 Å². The van der Waals surface area contributed by atoms with Crippen molar-refractivity contribution in [1.82, 2.24) is 4.31 Å². The van der Waals surface area contributed by atoms with Gasteiger partial charge in [-0.15, -0.1) is 0 Å². The molecule has 2 aromatic rings. The zero-order valence-electron chi connectivity index (χ0n) is 15.4. The Morgan fingerprint density at radius 2 is 1.86 bits per heavy atom. The number of non-ortho nitro benzene ring substituents is 1. The first-order valence-corrected chi connectivity index (χ1v) is 10.4. The molecule has 0 spiro atoms. The van der Waals surface area contributed by atoms with Crippen LogP contribution >= 0.6 is 0 Å². The number of piperidine rings is 1. The number of phenols is 1. The van der Waals surface area contributed by atoms with Crippen LogP contribution < -0.4 is 0 Å². The molecule has 2 aromatic carbocycles. The molecule has 28 heavy (non-hydrogen) atoms. The van der Waals surface area contributed by atoms with Gasteiger partial charge in [0.25, 0.3) is 5.69 Å². The van der Waals surface area contributed by atoms with Crippen molar-refractivity contribution in [2.75, 3.05) is 13.1 Å². The maximum absolute atomic E-state index is 13.0. The van der Waals surface area contributed by atoms with Gasteiger partial charge >= 0.3 is 0 Å². The summed E-state index contributed by atoms with van der Waals surface area (Å²) in [7, 11) is -3.60. The predicted octanol–water partition coefficient (Wildman–Crippen LogP) is 3.53. The average Bonchev–Trinajstić information content (AvgIpc) is 2.68. The number of hydrogen-bond donors (Lipinski definition) is 1. The van der Waals surface area contributed by atoms with Gasteiger partial charge in [-0.3, -0.25) is 15.1 Å². The maximum Gasteiger partial charge on any atom is 0.270 e. The molecule has 0 radical (unpaired) electrons. The quantitative estimate of drug-likeness (QED) is 0.466. The Morgan fingerprint density at radius 1 is 1.14 bits per heavy atom. The number of nitrogens with zero attached hydrogens (tertiary/aromatic N) is 3. The number of rotatable bonds is 5. The Kier molecular flexibility index (Phi) is 5.76. The molecule has 1 heterocycles. The second-order valence-electron chi connectivity index (χ2n) is 6.67. The summed E-state index contributed by atoms with van der Waals surface area (Å²) in [5, 5.41) is 20.8. The molecule has 0 bridgehead atoms. The third-order valence-electron chi connectivity index (χ3n) is 4.68. The summed E-state index contributed by atoms with van der Waals surface area (Å²) in [5.41, 5.74) is 1.02. The summed E-state index contributed by atoms with van der Waals surface area (Å²) < 4.78 is 27.4. The van der Waals surface area contributed by atoms with Gasteiger partial charge in [0.05, 0.1) is 15.5 Å². The lowest BCUT2D eigenvalue weighted by Crippen LogP contribution is -2.35. The van der Waals surface area contributed by atoms with Gasteiger partial charge in [-0.1, -0.05) is 12.5 Å². The molecule has 0 unspecified atom stereocenters. The van der Waals surface area contributed by atoms with Crippen molar-refractivity contribution >= 4 is 27.6 Å². The topological polar surface area (TPSA) is 113 Å². The van der Waals surface area contributed by atoms with E-state index in [2.05, 4.69) is 4.99 Å². The van der Waals surface area contributed by atoms with E-state index >= 15 is 0 Å².